The number of benzene rings is 1. The van der Waals surface area contributed by atoms with Gasteiger partial charge in [-0.3, -0.25) is 4.98 Å². The molecule has 0 spiro atoms. The van der Waals surface area contributed by atoms with Crippen molar-refractivity contribution in [1.29, 1.82) is 0 Å². The van der Waals surface area contributed by atoms with Crippen LogP contribution in [0.15, 0.2) is 54.9 Å². The molecule has 2 aliphatic rings. The molecule has 5 nitrogen and oxygen atoms in total. The summed E-state index contributed by atoms with van der Waals surface area (Å²) >= 11 is 0. The number of rotatable bonds is 2. The van der Waals surface area contributed by atoms with Gasteiger partial charge in [0.15, 0.2) is 0 Å². The Morgan fingerprint density at radius 1 is 1.15 bits per heavy atom. The van der Waals surface area contributed by atoms with E-state index >= 15 is 0 Å². The molecule has 1 aliphatic heterocycles. The molecule has 136 valence electrons. The molecule has 2 aromatic rings. The molecule has 1 saturated heterocycles. The molecule has 1 aromatic heterocycles. The Kier molecular flexibility index (Phi) is 4.64. The molecule has 0 unspecified atom stereocenters. The van der Waals surface area contributed by atoms with Gasteiger partial charge in [-0.2, -0.15) is 0 Å². The highest BCUT2D eigenvalue weighted by atomic mass is 16.3. The van der Waals surface area contributed by atoms with Crippen molar-refractivity contribution in [3.63, 3.8) is 0 Å². The molecule has 0 radical (unpaired) electrons. The molecule has 5 heteroatoms. The number of hydrogen-bond acceptors (Lipinski definition) is 3. The van der Waals surface area contributed by atoms with E-state index in [2.05, 4.69) is 10.3 Å². The Hall–Kier alpha value is -2.40. The maximum absolute atomic E-state index is 12.9. The average molecular weight is 351 g/mol. The van der Waals surface area contributed by atoms with Crippen molar-refractivity contribution in [3.8, 4) is 0 Å². The van der Waals surface area contributed by atoms with Crippen LogP contribution >= 0.6 is 0 Å². The van der Waals surface area contributed by atoms with Crippen LogP contribution in [0.5, 0.6) is 0 Å². The summed E-state index contributed by atoms with van der Waals surface area (Å²) in [5.41, 5.74) is 0.829. The number of anilines is 1. The van der Waals surface area contributed by atoms with E-state index in [1.165, 1.54) is 0 Å². The molecule has 1 aliphatic carbocycles. The number of nitrogens with zero attached hydrogens (tertiary/aromatic N) is 2. The minimum absolute atomic E-state index is 0.0689. The number of urea groups is 1. The Labute approximate surface area is 154 Å². The van der Waals surface area contributed by atoms with E-state index in [1.54, 1.807) is 12.4 Å². The summed E-state index contributed by atoms with van der Waals surface area (Å²) in [6, 6.07) is 13.6. The molecule has 1 aromatic carbocycles. The van der Waals surface area contributed by atoms with Crippen LogP contribution in [0.1, 0.15) is 37.7 Å². The highest BCUT2D eigenvalue weighted by molar-refractivity contribution is 5.89. The molecule has 3 atom stereocenters. The lowest BCUT2D eigenvalue weighted by atomic mass is 9.66. The number of piperidine rings is 1. The van der Waals surface area contributed by atoms with Crippen LogP contribution in [-0.4, -0.2) is 33.6 Å². The normalized spacial score (nSPS) is 28.3. The number of carbonyl (C=O) groups is 1. The highest BCUT2D eigenvalue weighted by Gasteiger charge is 2.50. The van der Waals surface area contributed by atoms with Gasteiger partial charge in [-0.05, 0) is 37.0 Å². The van der Waals surface area contributed by atoms with Gasteiger partial charge in [0.05, 0.1) is 17.5 Å². The van der Waals surface area contributed by atoms with Gasteiger partial charge in [0, 0.05) is 24.7 Å². The first-order valence-corrected chi connectivity index (χ1v) is 9.44. The summed E-state index contributed by atoms with van der Waals surface area (Å²) < 4.78 is 0. The summed E-state index contributed by atoms with van der Waals surface area (Å²) in [6.45, 7) is 0.554. The van der Waals surface area contributed by atoms with E-state index in [4.69, 9.17) is 0 Å². The van der Waals surface area contributed by atoms with E-state index in [0.29, 0.717) is 18.7 Å². The Morgan fingerprint density at radius 2 is 1.96 bits per heavy atom. The standard InChI is InChI=1S/C21H25N3O2/c25-20(23-17-9-6-13-22-15-17)24-14-12-21(26,16-7-2-1-3-8-16)18-10-4-5-11-19(18)24/h1-3,6-9,13,15,18-19,26H,4-5,10-12,14H2,(H,23,25)/t18-,19+,21-/m0/s1. The lowest BCUT2D eigenvalue weighted by molar-refractivity contribution is -0.107. The zero-order valence-corrected chi connectivity index (χ0v) is 14.8. The summed E-state index contributed by atoms with van der Waals surface area (Å²) in [5, 5.41) is 14.5. The number of likely N-dealkylation sites (tertiary alicyclic amines) is 1. The average Bonchev–Trinajstić information content (AvgIpc) is 2.70. The lowest BCUT2D eigenvalue weighted by Gasteiger charge is -2.52. The predicted molar refractivity (Wildman–Crippen MR) is 101 cm³/mol. The van der Waals surface area contributed by atoms with Crippen molar-refractivity contribution in [2.24, 2.45) is 5.92 Å². The van der Waals surface area contributed by atoms with E-state index < -0.39 is 5.60 Å². The number of pyridine rings is 1. The number of hydrogen-bond donors (Lipinski definition) is 2. The fraction of sp³-hybridized carbons (Fsp3) is 0.429. The molecular weight excluding hydrogens is 326 g/mol. The molecule has 2 heterocycles. The first-order valence-electron chi connectivity index (χ1n) is 9.44. The number of aromatic nitrogens is 1. The predicted octanol–water partition coefficient (Wildman–Crippen LogP) is 3.77. The summed E-state index contributed by atoms with van der Waals surface area (Å²) in [5.74, 6) is 0.0760. The molecular formula is C21H25N3O2. The maximum Gasteiger partial charge on any atom is 0.322 e. The van der Waals surface area contributed by atoms with Gasteiger partial charge in [-0.15, -0.1) is 0 Å². The van der Waals surface area contributed by atoms with Gasteiger partial charge in [0.2, 0.25) is 0 Å². The minimum Gasteiger partial charge on any atom is -0.385 e. The minimum atomic E-state index is -0.850. The number of carbonyl (C=O) groups excluding carboxylic acids is 1. The van der Waals surface area contributed by atoms with Crippen molar-refractivity contribution >= 4 is 11.7 Å². The highest BCUT2D eigenvalue weighted by Crippen LogP contribution is 2.46. The van der Waals surface area contributed by atoms with Crippen molar-refractivity contribution in [3.05, 3.63) is 60.4 Å². The summed E-state index contributed by atoms with van der Waals surface area (Å²) in [4.78, 5) is 18.9. The van der Waals surface area contributed by atoms with Gasteiger partial charge in [0.1, 0.15) is 0 Å². The van der Waals surface area contributed by atoms with Crippen molar-refractivity contribution in [2.45, 2.75) is 43.7 Å². The molecule has 2 N–H and O–H groups in total. The van der Waals surface area contributed by atoms with Crippen LogP contribution in [0.4, 0.5) is 10.5 Å². The molecule has 2 fully saturated rings. The SMILES string of the molecule is O=C(Nc1cccnc1)N1CC[C@](O)(c2ccccc2)[C@H]2CCCC[C@H]21. The smallest absolute Gasteiger partial charge is 0.322 e. The quantitative estimate of drug-likeness (QED) is 0.866. The number of fused-ring (bicyclic) bond motifs is 1. The van der Waals surface area contributed by atoms with Crippen LogP contribution in [-0.2, 0) is 5.60 Å². The largest absolute Gasteiger partial charge is 0.385 e. The summed E-state index contributed by atoms with van der Waals surface area (Å²) in [6.07, 6.45) is 8.01. The first-order chi connectivity index (χ1) is 12.7. The van der Waals surface area contributed by atoms with Crippen LogP contribution in [0, 0.1) is 5.92 Å². The Bertz CT molecular complexity index is 752. The van der Waals surface area contributed by atoms with E-state index in [-0.39, 0.29) is 18.0 Å². The van der Waals surface area contributed by atoms with E-state index in [9.17, 15) is 9.90 Å². The van der Waals surface area contributed by atoms with Crippen molar-refractivity contribution in [1.82, 2.24) is 9.88 Å². The maximum atomic E-state index is 12.9. The zero-order chi connectivity index (χ0) is 18.0. The second kappa shape index (κ2) is 7.08. The third kappa shape index (κ3) is 3.07. The van der Waals surface area contributed by atoms with Crippen molar-refractivity contribution in [2.75, 3.05) is 11.9 Å². The topological polar surface area (TPSA) is 65.5 Å². The van der Waals surface area contributed by atoms with Crippen LogP contribution in [0.3, 0.4) is 0 Å². The fourth-order valence-electron chi connectivity index (χ4n) is 4.65. The van der Waals surface area contributed by atoms with Crippen LogP contribution in [0.2, 0.25) is 0 Å². The monoisotopic (exact) mass is 351 g/mol. The van der Waals surface area contributed by atoms with E-state index in [0.717, 1.165) is 31.2 Å². The van der Waals surface area contributed by atoms with Gasteiger partial charge in [-0.25, -0.2) is 4.79 Å². The van der Waals surface area contributed by atoms with Gasteiger partial charge >= 0.3 is 6.03 Å². The Balaban J connectivity index is 1.58. The third-order valence-electron chi connectivity index (χ3n) is 5.92. The summed E-state index contributed by atoms with van der Waals surface area (Å²) in [7, 11) is 0. The molecule has 1 saturated carbocycles. The second-order valence-corrected chi connectivity index (χ2v) is 7.36. The van der Waals surface area contributed by atoms with Gasteiger partial charge < -0.3 is 15.3 Å². The fourth-order valence-corrected chi connectivity index (χ4v) is 4.65. The third-order valence-corrected chi connectivity index (χ3v) is 5.92. The van der Waals surface area contributed by atoms with E-state index in [1.807, 2.05) is 47.4 Å². The second-order valence-electron chi connectivity index (χ2n) is 7.36. The number of amides is 2. The Morgan fingerprint density at radius 3 is 2.73 bits per heavy atom. The van der Waals surface area contributed by atoms with Crippen LogP contribution in [0.25, 0.3) is 0 Å². The lowest BCUT2D eigenvalue weighted by Crippen LogP contribution is -2.59. The number of aliphatic hydroxyl groups is 1. The molecule has 26 heavy (non-hydrogen) atoms. The number of nitrogens with one attached hydrogen (secondary N) is 1. The van der Waals surface area contributed by atoms with Crippen molar-refractivity contribution < 1.29 is 9.90 Å². The first kappa shape index (κ1) is 17.0. The molecule has 4 rings (SSSR count). The van der Waals surface area contributed by atoms with Gasteiger partial charge in [-0.1, -0.05) is 43.2 Å². The van der Waals surface area contributed by atoms with Gasteiger partial charge in [0.25, 0.3) is 0 Å². The molecule has 2 amide bonds. The molecule has 0 bridgehead atoms. The van der Waals surface area contributed by atoms with Crippen LogP contribution < -0.4 is 5.32 Å². The zero-order valence-electron chi connectivity index (χ0n) is 14.8.